The Kier molecular flexibility index (Phi) is 4.96. The third kappa shape index (κ3) is 4.04. The molecule has 24 heavy (non-hydrogen) atoms. The molecule has 0 unspecified atom stereocenters. The molecule has 0 bridgehead atoms. The van der Waals surface area contributed by atoms with Gasteiger partial charge in [-0.1, -0.05) is 6.07 Å². The van der Waals surface area contributed by atoms with Gasteiger partial charge < -0.3 is 20.1 Å². The van der Waals surface area contributed by atoms with Crippen LogP contribution in [0.5, 0.6) is 5.75 Å². The number of hydrogen-bond acceptors (Lipinski definition) is 4. The van der Waals surface area contributed by atoms with Crippen LogP contribution in [0.15, 0.2) is 48.8 Å². The topological polar surface area (TPSA) is 87.2 Å². The highest BCUT2D eigenvalue weighted by Crippen LogP contribution is 2.24. The number of pyridine rings is 1. The standard InChI is InChI=1S/C18H19N3O3/c22-18(23)10-13-12-21-16-6-5-14(11-15(13)16)24-9-3-8-20-17-4-1-2-7-19-17/h1-2,4-7,11-12,21H,3,8-10H2,(H,19,20)(H,22,23). The molecular weight excluding hydrogens is 306 g/mol. The van der Waals surface area contributed by atoms with E-state index in [1.807, 2.05) is 36.4 Å². The molecule has 3 aromatic rings. The minimum atomic E-state index is -0.845. The number of aromatic nitrogens is 2. The molecule has 6 nitrogen and oxygen atoms in total. The minimum absolute atomic E-state index is 0.00253. The van der Waals surface area contributed by atoms with Gasteiger partial charge in [0.25, 0.3) is 0 Å². The normalized spacial score (nSPS) is 10.7. The molecule has 0 radical (unpaired) electrons. The zero-order valence-corrected chi connectivity index (χ0v) is 13.2. The Morgan fingerprint density at radius 1 is 1.29 bits per heavy atom. The van der Waals surface area contributed by atoms with Crippen LogP contribution < -0.4 is 10.1 Å². The number of H-pyrrole nitrogens is 1. The number of aliphatic carboxylic acids is 1. The van der Waals surface area contributed by atoms with Crippen molar-refractivity contribution >= 4 is 22.7 Å². The van der Waals surface area contributed by atoms with Crippen LogP contribution in [0.3, 0.4) is 0 Å². The number of ether oxygens (including phenoxy) is 1. The average Bonchev–Trinajstić information content (AvgIpc) is 2.97. The highest BCUT2D eigenvalue weighted by molar-refractivity contribution is 5.87. The minimum Gasteiger partial charge on any atom is -0.494 e. The number of fused-ring (bicyclic) bond motifs is 1. The first-order chi connectivity index (χ1) is 11.7. The monoisotopic (exact) mass is 325 g/mol. The Hall–Kier alpha value is -3.02. The molecule has 124 valence electrons. The summed E-state index contributed by atoms with van der Waals surface area (Å²) in [6.45, 7) is 1.34. The van der Waals surface area contributed by atoms with E-state index in [2.05, 4.69) is 15.3 Å². The largest absolute Gasteiger partial charge is 0.494 e. The van der Waals surface area contributed by atoms with E-state index >= 15 is 0 Å². The summed E-state index contributed by atoms with van der Waals surface area (Å²) in [7, 11) is 0. The molecule has 1 aromatic carbocycles. The number of carbonyl (C=O) groups is 1. The SMILES string of the molecule is O=C(O)Cc1c[nH]c2ccc(OCCCNc3ccccn3)cc12. The molecule has 0 saturated carbocycles. The fourth-order valence-corrected chi connectivity index (χ4v) is 2.50. The van der Waals surface area contributed by atoms with Gasteiger partial charge in [0.05, 0.1) is 13.0 Å². The van der Waals surface area contributed by atoms with Gasteiger partial charge in [-0.15, -0.1) is 0 Å². The van der Waals surface area contributed by atoms with E-state index in [0.717, 1.165) is 41.0 Å². The summed E-state index contributed by atoms with van der Waals surface area (Å²) in [6.07, 6.45) is 4.32. The van der Waals surface area contributed by atoms with Crippen molar-refractivity contribution in [2.24, 2.45) is 0 Å². The number of carboxylic acids is 1. The van der Waals surface area contributed by atoms with Gasteiger partial charge in [0.1, 0.15) is 11.6 Å². The molecule has 2 aromatic heterocycles. The zero-order chi connectivity index (χ0) is 16.8. The summed E-state index contributed by atoms with van der Waals surface area (Å²) in [4.78, 5) is 18.2. The van der Waals surface area contributed by atoms with Gasteiger partial charge >= 0.3 is 5.97 Å². The summed E-state index contributed by atoms with van der Waals surface area (Å²) in [5, 5.41) is 13.1. The Morgan fingerprint density at radius 2 is 2.21 bits per heavy atom. The summed E-state index contributed by atoms with van der Waals surface area (Å²) >= 11 is 0. The molecule has 0 aliphatic carbocycles. The van der Waals surface area contributed by atoms with Gasteiger partial charge in [-0.25, -0.2) is 4.98 Å². The smallest absolute Gasteiger partial charge is 0.307 e. The van der Waals surface area contributed by atoms with Crippen LogP contribution in [0.4, 0.5) is 5.82 Å². The molecule has 2 heterocycles. The number of anilines is 1. The van der Waals surface area contributed by atoms with Gasteiger partial charge in [0.15, 0.2) is 0 Å². The van der Waals surface area contributed by atoms with Crippen molar-refractivity contribution in [3.8, 4) is 5.75 Å². The predicted molar refractivity (Wildman–Crippen MR) is 92.5 cm³/mol. The molecule has 0 aliphatic rings. The number of nitrogens with one attached hydrogen (secondary N) is 2. The van der Waals surface area contributed by atoms with E-state index in [9.17, 15) is 4.79 Å². The first-order valence-corrected chi connectivity index (χ1v) is 7.82. The van der Waals surface area contributed by atoms with Crippen molar-refractivity contribution in [3.05, 3.63) is 54.4 Å². The molecule has 0 atom stereocenters. The average molecular weight is 325 g/mol. The maximum absolute atomic E-state index is 10.9. The maximum Gasteiger partial charge on any atom is 0.307 e. The van der Waals surface area contributed by atoms with Gasteiger partial charge in [-0.2, -0.15) is 0 Å². The Labute approximate surface area is 139 Å². The fourth-order valence-electron chi connectivity index (χ4n) is 2.50. The van der Waals surface area contributed by atoms with Crippen LogP contribution in [0.1, 0.15) is 12.0 Å². The Bertz CT molecular complexity index is 815. The highest BCUT2D eigenvalue weighted by atomic mass is 16.5. The van der Waals surface area contributed by atoms with Gasteiger partial charge in [-0.3, -0.25) is 4.79 Å². The second-order valence-corrected chi connectivity index (χ2v) is 5.44. The van der Waals surface area contributed by atoms with Crippen LogP contribution in [-0.4, -0.2) is 34.2 Å². The van der Waals surface area contributed by atoms with Gasteiger partial charge in [0, 0.05) is 29.8 Å². The Morgan fingerprint density at radius 3 is 3.00 bits per heavy atom. The first-order valence-electron chi connectivity index (χ1n) is 7.82. The van der Waals surface area contributed by atoms with Crippen molar-refractivity contribution in [1.82, 2.24) is 9.97 Å². The molecule has 3 rings (SSSR count). The van der Waals surface area contributed by atoms with Gasteiger partial charge in [0.2, 0.25) is 0 Å². The molecule has 0 aliphatic heterocycles. The first kappa shape index (κ1) is 15.9. The van der Waals surface area contributed by atoms with Gasteiger partial charge in [-0.05, 0) is 42.3 Å². The van der Waals surface area contributed by atoms with Crippen molar-refractivity contribution in [1.29, 1.82) is 0 Å². The summed E-state index contributed by atoms with van der Waals surface area (Å²) in [5.74, 6) is 0.749. The van der Waals surface area contributed by atoms with E-state index in [1.54, 1.807) is 12.4 Å². The van der Waals surface area contributed by atoms with Crippen molar-refractivity contribution in [3.63, 3.8) is 0 Å². The summed E-state index contributed by atoms with van der Waals surface area (Å²) in [5.41, 5.74) is 1.68. The molecule has 3 N–H and O–H groups in total. The van der Waals surface area contributed by atoms with E-state index in [1.165, 1.54) is 0 Å². The number of rotatable bonds is 8. The third-order valence-electron chi connectivity index (χ3n) is 3.64. The van der Waals surface area contributed by atoms with E-state index in [4.69, 9.17) is 9.84 Å². The zero-order valence-electron chi connectivity index (χ0n) is 13.2. The van der Waals surface area contributed by atoms with Crippen molar-refractivity contribution < 1.29 is 14.6 Å². The van der Waals surface area contributed by atoms with Crippen LogP contribution in [0, 0.1) is 0 Å². The highest BCUT2D eigenvalue weighted by Gasteiger charge is 2.08. The van der Waals surface area contributed by atoms with Crippen LogP contribution in [-0.2, 0) is 11.2 Å². The van der Waals surface area contributed by atoms with Crippen LogP contribution in [0.2, 0.25) is 0 Å². The number of benzene rings is 1. The molecule has 0 spiro atoms. The van der Waals surface area contributed by atoms with Crippen molar-refractivity contribution in [2.45, 2.75) is 12.8 Å². The van der Waals surface area contributed by atoms with E-state index < -0.39 is 5.97 Å². The Balaban J connectivity index is 1.52. The summed E-state index contributed by atoms with van der Waals surface area (Å²) in [6, 6.07) is 11.4. The molecular formula is C18H19N3O3. The lowest BCUT2D eigenvalue weighted by Gasteiger charge is -2.08. The third-order valence-corrected chi connectivity index (χ3v) is 3.64. The number of aromatic amines is 1. The second kappa shape index (κ2) is 7.50. The van der Waals surface area contributed by atoms with E-state index in [-0.39, 0.29) is 6.42 Å². The van der Waals surface area contributed by atoms with E-state index in [0.29, 0.717) is 6.61 Å². The second-order valence-electron chi connectivity index (χ2n) is 5.44. The molecule has 6 heteroatoms. The number of carboxylic acid groups (broad SMARTS) is 1. The van der Waals surface area contributed by atoms with Crippen molar-refractivity contribution in [2.75, 3.05) is 18.5 Å². The quantitative estimate of drug-likeness (QED) is 0.554. The lowest BCUT2D eigenvalue weighted by atomic mass is 10.1. The number of nitrogens with zero attached hydrogens (tertiary/aromatic N) is 1. The van der Waals surface area contributed by atoms with Crippen LogP contribution in [0.25, 0.3) is 10.9 Å². The lowest BCUT2D eigenvalue weighted by Crippen LogP contribution is -2.08. The molecule has 0 fully saturated rings. The summed E-state index contributed by atoms with van der Waals surface area (Å²) < 4.78 is 5.76. The molecule has 0 amide bonds. The van der Waals surface area contributed by atoms with Crippen LogP contribution >= 0.6 is 0 Å². The number of hydrogen-bond donors (Lipinski definition) is 3. The predicted octanol–water partition coefficient (Wildman–Crippen LogP) is 3.07. The fraction of sp³-hybridized carbons (Fsp3) is 0.222. The molecule has 0 saturated heterocycles. The maximum atomic E-state index is 10.9. The lowest BCUT2D eigenvalue weighted by molar-refractivity contribution is -0.136.